The van der Waals surface area contributed by atoms with Crippen LogP contribution < -0.4 is 5.56 Å². The minimum Gasteiger partial charge on any atom is -0.322 e. The SMILES string of the molecule is Cc1ccc2cc(CN(C3CCCC3)C(c3nnnn3Cc3ccc(F)cc3)C(C)C)c(=O)[nH]c2c1. The number of nitrogens with one attached hydrogen (secondary N) is 1. The van der Waals surface area contributed by atoms with Crippen molar-refractivity contribution in [3.63, 3.8) is 0 Å². The van der Waals surface area contributed by atoms with E-state index in [9.17, 15) is 9.18 Å². The molecule has 1 aliphatic rings. The quantitative estimate of drug-likeness (QED) is 0.371. The Hall–Kier alpha value is -3.39. The minimum atomic E-state index is -0.265. The summed E-state index contributed by atoms with van der Waals surface area (Å²) in [7, 11) is 0. The van der Waals surface area contributed by atoms with E-state index in [1.54, 1.807) is 12.1 Å². The van der Waals surface area contributed by atoms with E-state index in [0.29, 0.717) is 19.1 Å². The molecule has 0 spiro atoms. The third-order valence-electron chi connectivity index (χ3n) is 7.28. The summed E-state index contributed by atoms with van der Waals surface area (Å²) >= 11 is 0. The predicted molar refractivity (Wildman–Crippen MR) is 138 cm³/mol. The van der Waals surface area contributed by atoms with E-state index < -0.39 is 0 Å². The van der Waals surface area contributed by atoms with E-state index >= 15 is 0 Å². The molecule has 1 unspecified atom stereocenters. The van der Waals surface area contributed by atoms with E-state index in [1.165, 1.54) is 25.0 Å². The summed E-state index contributed by atoms with van der Waals surface area (Å²) in [5.41, 5.74) is 3.61. The molecule has 36 heavy (non-hydrogen) atoms. The smallest absolute Gasteiger partial charge is 0.252 e. The molecule has 188 valence electrons. The third-order valence-corrected chi connectivity index (χ3v) is 7.28. The predicted octanol–water partition coefficient (Wildman–Crippen LogP) is 5.15. The Morgan fingerprint density at radius 2 is 1.86 bits per heavy atom. The van der Waals surface area contributed by atoms with Crippen LogP contribution in [0.15, 0.2) is 53.3 Å². The van der Waals surface area contributed by atoms with E-state index in [0.717, 1.165) is 46.3 Å². The zero-order valence-corrected chi connectivity index (χ0v) is 21.1. The van der Waals surface area contributed by atoms with Gasteiger partial charge in [0.1, 0.15) is 5.82 Å². The molecule has 1 N–H and O–H groups in total. The molecule has 2 aromatic carbocycles. The number of pyridine rings is 1. The van der Waals surface area contributed by atoms with Crippen LogP contribution in [0.4, 0.5) is 4.39 Å². The van der Waals surface area contributed by atoms with Gasteiger partial charge in [-0.1, -0.05) is 51.0 Å². The van der Waals surface area contributed by atoms with Crippen molar-refractivity contribution in [2.45, 2.75) is 71.6 Å². The molecule has 1 aliphatic carbocycles. The summed E-state index contributed by atoms with van der Waals surface area (Å²) in [6.07, 6.45) is 4.54. The number of nitrogens with zero attached hydrogens (tertiary/aromatic N) is 5. The summed E-state index contributed by atoms with van der Waals surface area (Å²) in [5.74, 6) is 0.721. The van der Waals surface area contributed by atoms with Gasteiger partial charge in [-0.05, 0) is 76.9 Å². The Balaban J connectivity index is 1.52. The molecule has 0 saturated heterocycles. The summed E-state index contributed by atoms with van der Waals surface area (Å²) in [4.78, 5) is 18.7. The van der Waals surface area contributed by atoms with Crippen LogP contribution >= 0.6 is 0 Å². The van der Waals surface area contributed by atoms with Crippen LogP contribution in [-0.4, -0.2) is 36.1 Å². The van der Waals surface area contributed by atoms with Crippen molar-refractivity contribution in [2.75, 3.05) is 0 Å². The van der Waals surface area contributed by atoms with Crippen LogP contribution in [-0.2, 0) is 13.1 Å². The molecule has 1 fully saturated rings. The van der Waals surface area contributed by atoms with Gasteiger partial charge in [-0.15, -0.1) is 5.10 Å². The number of tetrazole rings is 1. The van der Waals surface area contributed by atoms with E-state index in [1.807, 2.05) is 23.7 Å². The van der Waals surface area contributed by atoms with Gasteiger partial charge in [0.05, 0.1) is 12.6 Å². The monoisotopic (exact) mass is 488 g/mol. The van der Waals surface area contributed by atoms with Crippen LogP contribution in [0.1, 0.15) is 68.1 Å². The minimum absolute atomic E-state index is 0.0514. The standard InChI is InChI=1S/C28H33FN6O/c1-18(2)26(27-31-32-33-35(27)16-20-9-12-23(29)13-10-20)34(24-6-4-5-7-24)17-22-15-21-11-8-19(3)14-25(21)30-28(22)36/h8-15,18,24,26H,4-7,16-17H2,1-3H3,(H,30,36). The zero-order chi connectivity index (χ0) is 25.2. The first-order valence-electron chi connectivity index (χ1n) is 12.8. The Morgan fingerprint density at radius 1 is 1.11 bits per heavy atom. The van der Waals surface area contributed by atoms with Gasteiger partial charge in [0.15, 0.2) is 5.82 Å². The van der Waals surface area contributed by atoms with Crippen molar-refractivity contribution < 1.29 is 4.39 Å². The van der Waals surface area contributed by atoms with Gasteiger partial charge in [0.2, 0.25) is 0 Å². The number of aromatic amines is 1. The van der Waals surface area contributed by atoms with Gasteiger partial charge in [0.25, 0.3) is 5.56 Å². The zero-order valence-electron chi connectivity index (χ0n) is 21.1. The van der Waals surface area contributed by atoms with E-state index in [4.69, 9.17) is 0 Å². The highest BCUT2D eigenvalue weighted by molar-refractivity contribution is 5.79. The van der Waals surface area contributed by atoms with E-state index in [2.05, 4.69) is 51.4 Å². The topological polar surface area (TPSA) is 79.7 Å². The lowest BCUT2D eigenvalue weighted by molar-refractivity contribution is 0.0844. The van der Waals surface area contributed by atoms with Crippen LogP contribution in [0.25, 0.3) is 10.9 Å². The third kappa shape index (κ3) is 5.09. The number of H-pyrrole nitrogens is 1. The molecular formula is C28H33FN6O. The molecule has 0 bridgehead atoms. The molecule has 2 aromatic heterocycles. The average Bonchev–Trinajstić information content (AvgIpc) is 3.53. The summed E-state index contributed by atoms with van der Waals surface area (Å²) in [5, 5.41) is 13.8. The molecule has 8 heteroatoms. The number of aryl methyl sites for hydroxylation is 1. The van der Waals surface area contributed by atoms with Gasteiger partial charge < -0.3 is 4.98 Å². The maximum atomic E-state index is 13.4. The average molecular weight is 489 g/mol. The molecule has 7 nitrogen and oxygen atoms in total. The Labute approximate surface area is 210 Å². The summed E-state index contributed by atoms with van der Waals surface area (Å²) in [6.45, 7) is 7.36. The van der Waals surface area contributed by atoms with Crippen molar-refractivity contribution in [2.24, 2.45) is 5.92 Å². The lowest BCUT2D eigenvalue weighted by Gasteiger charge is -2.38. The number of aromatic nitrogens is 5. The number of rotatable bonds is 8. The fourth-order valence-electron chi connectivity index (χ4n) is 5.49. The highest BCUT2D eigenvalue weighted by atomic mass is 19.1. The Morgan fingerprint density at radius 3 is 2.58 bits per heavy atom. The maximum Gasteiger partial charge on any atom is 0.252 e. The molecular weight excluding hydrogens is 455 g/mol. The molecule has 0 radical (unpaired) electrons. The fraction of sp³-hybridized carbons (Fsp3) is 0.429. The van der Waals surface area contributed by atoms with Gasteiger partial charge in [-0.25, -0.2) is 9.07 Å². The van der Waals surface area contributed by atoms with Crippen LogP contribution in [0, 0.1) is 18.7 Å². The van der Waals surface area contributed by atoms with Crippen molar-refractivity contribution in [3.05, 3.63) is 87.2 Å². The summed E-state index contributed by atoms with van der Waals surface area (Å²) in [6, 6.07) is 14.9. The molecule has 2 heterocycles. The normalized spacial score (nSPS) is 15.4. The van der Waals surface area contributed by atoms with Crippen LogP contribution in [0.2, 0.25) is 0 Å². The van der Waals surface area contributed by atoms with Gasteiger partial charge in [0, 0.05) is 23.7 Å². The number of hydrogen-bond acceptors (Lipinski definition) is 5. The fourth-order valence-corrected chi connectivity index (χ4v) is 5.49. The highest BCUT2D eigenvalue weighted by Crippen LogP contribution is 2.36. The van der Waals surface area contributed by atoms with Gasteiger partial charge >= 0.3 is 0 Å². The molecule has 0 amide bonds. The maximum absolute atomic E-state index is 13.4. The second kappa shape index (κ2) is 10.3. The Kier molecular flexibility index (Phi) is 6.96. The molecule has 4 aromatic rings. The molecule has 1 saturated carbocycles. The number of halogens is 1. The van der Waals surface area contributed by atoms with Gasteiger partial charge in [-0.3, -0.25) is 9.69 Å². The molecule has 1 atom stereocenters. The number of fused-ring (bicyclic) bond motifs is 1. The number of benzene rings is 2. The molecule has 0 aliphatic heterocycles. The van der Waals surface area contributed by atoms with Crippen LogP contribution in [0.3, 0.4) is 0 Å². The summed E-state index contributed by atoms with van der Waals surface area (Å²) < 4.78 is 15.2. The highest BCUT2D eigenvalue weighted by Gasteiger charge is 2.35. The first kappa shape index (κ1) is 24.3. The van der Waals surface area contributed by atoms with E-state index in [-0.39, 0.29) is 23.3 Å². The van der Waals surface area contributed by atoms with Crippen molar-refractivity contribution in [3.8, 4) is 0 Å². The van der Waals surface area contributed by atoms with Crippen molar-refractivity contribution in [1.29, 1.82) is 0 Å². The molecule has 5 rings (SSSR count). The first-order chi connectivity index (χ1) is 17.4. The Bertz CT molecular complexity index is 1390. The largest absolute Gasteiger partial charge is 0.322 e. The van der Waals surface area contributed by atoms with Crippen LogP contribution in [0.5, 0.6) is 0 Å². The lowest BCUT2D eigenvalue weighted by atomic mass is 9.97. The second-order valence-electron chi connectivity index (χ2n) is 10.3. The van der Waals surface area contributed by atoms with Crippen molar-refractivity contribution >= 4 is 10.9 Å². The first-order valence-corrected chi connectivity index (χ1v) is 12.8. The second-order valence-corrected chi connectivity index (χ2v) is 10.3. The number of hydrogen-bond donors (Lipinski definition) is 1. The van der Waals surface area contributed by atoms with Gasteiger partial charge in [-0.2, -0.15) is 0 Å². The van der Waals surface area contributed by atoms with Crippen molar-refractivity contribution in [1.82, 2.24) is 30.1 Å². The lowest BCUT2D eigenvalue weighted by Crippen LogP contribution is -2.41.